The minimum atomic E-state index is -0.0863. The van der Waals surface area contributed by atoms with Crippen LogP contribution in [0.4, 0.5) is 0 Å². The molecule has 23 heavy (non-hydrogen) atoms. The van der Waals surface area contributed by atoms with Crippen LogP contribution in [-0.2, 0) is 9.53 Å². The molecule has 0 amide bonds. The maximum Gasteiger partial charge on any atom is 0.302 e. The summed E-state index contributed by atoms with van der Waals surface area (Å²) in [6.45, 7) is 6.70. The van der Waals surface area contributed by atoms with E-state index < -0.39 is 0 Å². The zero-order valence-corrected chi connectivity index (χ0v) is 15.3. The molecule has 4 aliphatic rings. The van der Waals surface area contributed by atoms with Crippen molar-refractivity contribution in [1.29, 1.82) is 0 Å². The van der Waals surface area contributed by atoms with Crippen LogP contribution in [0.5, 0.6) is 0 Å². The smallest absolute Gasteiger partial charge is 0.302 e. The van der Waals surface area contributed by atoms with Gasteiger partial charge < -0.3 is 4.74 Å². The molecule has 0 aromatic rings. The Kier molecular flexibility index (Phi) is 3.81. The van der Waals surface area contributed by atoms with Crippen LogP contribution in [0.1, 0.15) is 85.0 Å². The van der Waals surface area contributed by atoms with E-state index in [1.54, 1.807) is 6.92 Å². The Morgan fingerprint density at radius 2 is 1.83 bits per heavy atom. The van der Waals surface area contributed by atoms with E-state index in [9.17, 15) is 4.79 Å². The highest BCUT2D eigenvalue weighted by molar-refractivity contribution is 5.66. The van der Waals surface area contributed by atoms with Crippen LogP contribution in [0.25, 0.3) is 0 Å². The Morgan fingerprint density at radius 3 is 2.61 bits per heavy atom. The number of ether oxygens (including phenoxy) is 1. The fraction of sp³-hybridized carbons (Fsp3) is 0.952. The van der Waals surface area contributed by atoms with Crippen LogP contribution in [0, 0.1) is 34.5 Å². The van der Waals surface area contributed by atoms with Gasteiger partial charge in [-0.3, -0.25) is 4.79 Å². The van der Waals surface area contributed by atoms with Crippen molar-refractivity contribution in [2.75, 3.05) is 0 Å². The number of hydrogen-bond acceptors (Lipinski definition) is 2. The number of fused-ring (bicyclic) bond motifs is 5. The number of carbonyl (C=O) groups is 1. The van der Waals surface area contributed by atoms with E-state index in [1.165, 1.54) is 51.4 Å². The van der Waals surface area contributed by atoms with E-state index in [0.29, 0.717) is 10.8 Å². The van der Waals surface area contributed by atoms with Gasteiger partial charge in [0.05, 0.1) is 0 Å². The van der Waals surface area contributed by atoms with E-state index in [1.807, 2.05) is 0 Å². The van der Waals surface area contributed by atoms with Crippen molar-refractivity contribution in [3.8, 4) is 0 Å². The lowest BCUT2D eigenvalue weighted by molar-refractivity contribution is -0.146. The van der Waals surface area contributed by atoms with Gasteiger partial charge in [-0.05, 0) is 85.9 Å². The third-order valence-corrected chi connectivity index (χ3v) is 8.64. The normalized spacial score (nSPS) is 52.2. The molecule has 4 fully saturated rings. The lowest BCUT2D eigenvalue weighted by Gasteiger charge is -2.59. The van der Waals surface area contributed by atoms with Gasteiger partial charge in [-0.15, -0.1) is 0 Å². The fourth-order valence-corrected chi connectivity index (χ4v) is 7.61. The molecule has 130 valence electrons. The molecular formula is C21H34O2. The Labute approximate surface area is 141 Å². The van der Waals surface area contributed by atoms with Crippen molar-refractivity contribution in [3.05, 3.63) is 0 Å². The van der Waals surface area contributed by atoms with E-state index >= 15 is 0 Å². The summed E-state index contributed by atoms with van der Waals surface area (Å²) in [5.41, 5.74) is 1.04. The summed E-state index contributed by atoms with van der Waals surface area (Å²) in [5.74, 6) is 3.54. The molecule has 7 atom stereocenters. The van der Waals surface area contributed by atoms with Crippen molar-refractivity contribution in [3.63, 3.8) is 0 Å². The van der Waals surface area contributed by atoms with Gasteiger partial charge in [0, 0.05) is 6.92 Å². The topological polar surface area (TPSA) is 26.3 Å². The molecule has 0 spiro atoms. The number of carbonyl (C=O) groups excluding carboxylic acids is 1. The first-order valence-electron chi connectivity index (χ1n) is 10.1. The quantitative estimate of drug-likeness (QED) is 0.609. The monoisotopic (exact) mass is 318 g/mol. The highest BCUT2D eigenvalue weighted by atomic mass is 16.5. The standard InChI is InChI=1S/C21H34O2/c1-14(22)23-16-12-19-17-8-7-15-6-4-5-10-21(15,3)18(17)9-11-20(19,2)13-16/h15-19H,4-13H2,1-3H3/t15?,16-,17?,18?,19?,20?,21?/m0/s1. The predicted molar refractivity (Wildman–Crippen MR) is 91.9 cm³/mol. The molecule has 0 aliphatic heterocycles. The first-order chi connectivity index (χ1) is 10.9. The third kappa shape index (κ3) is 2.46. The van der Waals surface area contributed by atoms with E-state index in [-0.39, 0.29) is 12.1 Å². The molecule has 6 unspecified atom stereocenters. The molecule has 0 saturated heterocycles. The molecule has 0 N–H and O–H groups in total. The van der Waals surface area contributed by atoms with Crippen molar-refractivity contribution < 1.29 is 9.53 Å². The number of hydrogen-bond donors (Lipinski definition) is 0. The van der Waals surface area contributed by atoms with Gasteiger partial charge in [-0.1, -0.05) is 26.7 Å². The van der Waals surface area contributed by atoms with E-state index in [2.05, 4.69) is 13.8 Å². The van der Waals surface area contributed by atoms with Crippen LogP contribution in [0.2, 0.25) is 0 Å². The molecule has 4 aliphatic carbocycles. The SMILES string of the molecule is CC(=O)O[C@H]1CC2C3CCC4CCCCC4(C)C3CCC2(C)C1. The van der Waals surface area contributed by atoms with Gasteiger partial charge in [0.25, 0.3) is 0 Å². The van der Waals surface area contributed by atoms with Crippen LogP contribution in [0.15, 0.2) is 0 Å². The van der Waals surface area contributed by atoms with Gasteiger partial charge in [0.15, 0.2) is 0 Å². The summed E-state index contributed by atoms with van der Waals surface area (Å²) < 4.78 is 5.64. The van der Waals surface area contributed by atoms with Gasteiger partial charge in [0.1, 0.15) is 6.10 Å². The third-order valence-electron chi connectivity index (χ3n) is 8.64. The summed E-state index contributed by atoms with van der Waals surface area (Å²) in [6.07, 6.45) is 14.0. The van der Waals surface area contributed by atoms with Gasteiger partial charge >= 0.3 is 5.97 Å². The minimum absolute atomic E-state index is 0.0863. The van der Waals surface area contributed by atoms with E-state index in [0.717, 1.165) is 36.5 Å². The maximum atomic E-state index is 11.4. The molecule has 0 heterocycles. The molecule has 2 heteroatoms. The first kappa shape index (κ1) is 16.0. The Morgan fingerprint density at radius 1 is 1.00 bits per heavy atom. The lowest BCUT2D eigenvalue weighted by Crippen LogP contribution is -2.51. The largest absolute Gasteiger partial charge is 0.463 e. The predicted octanol–water partition coefficient (Wildman–Crippen LogP) is 5.35. The number of esters is 1. The van der Waals surface area contributed by atoms with Gasteiger partial charge in [0.2, 0.25) is 0 Å². The zero-order valence-electron chi connectivity index (χ0n) is 15.3. The van der Waals surface area contributed by atoms with Crippen molar-refractivity contribution in [2.45, 2.75) is 91.1 Å². The highest BCUT2D eigenvalue weighted by Gasteiger charge is 2.59. The van der Waals surface area contributed by atoms with Crippen LogP contribution in [-0.4, -0.2) is 12.1 Å². The minimum Gasteiger partial charge on any atom is -0.463 e. The molecule has 0 bridgehead atoms. The summed E-state index contributed by atoms with van der Waals surface area (Å²) in [7, 11) is 0. The van der Waals surface area contributed by atoms with Gasteiger partial charge in [-0.25, -0.2) is 0 Å². The molecule has 4 saturated carbocycles. The highest BCUT2D eigenvalue weighted by Crippen LogP contribution is 2.66. The van der Waals surface area contributed by atoms with Crippen LogP contribution >= 0.6 is 0 Å². The first-order valence-corrected chi connectivity index (χ1v) is 10.1. The zero-order chi connectivity index (χ0) is 16.2. The second kappa shape index (κ2) is 5.49. The molecule has 4 rings (SSSR count). The maximum absolute atomic E-state index is 11.4. The van der Waals surface area contributed by atoms with Crippen molar-refractivity contribution in [2.24, 2.45) is 34.5 Å². The summed E-state index contributed by atoms with van der Waals surface area (Å²) in [6, 6.07) is 0. The van der Waals surface area contributed by atoms with Crippen LogP contribution < -0.4 is 0 Å². The second-order valence-corrected chi connectivity index (χ2v) is 9.77. The average molecular weight is 319 g/mol. The Hall–Kier alpha value is -0.530. The Bertz CT molecular complexity index is 486. The summed E-state index contributed by atoms with van der Waals surface area (Å²) in [5, 5.41) is 0. The number of rotatable bonds is 1. The van der Waals surface area contributed by atoms with Gasteiger partial charge in [-0.2, -0.15) is 0 Å². The molecule has 2 nitrogen and oxygen atoms in total. The summed E-state index contributed by atoms with van der Waals surface area (Å²) >= 11 is 0. The average Bonchev–Trinajstić information content (AvgIpc) is 2.81. The lowest BCUT2D eigenvalue weighted by atomic mass is 9.45. The molecule has 0 aromatic heterocycles. The van der Waals surface area contributed by atoms with Crippen molar-refractivity contribution >= 4 is 5.97 Å². The molecular weight excluding hydrogens is 284 g/mol. The van der Waals surface area contributed by atoms with Crippen LogP contribution in [0.3, 0.4) is 0 Å². The Balaban J connectivity index is 1.57. The molecule has 0 aromatic carbocycles. The second-order valence-electron chi connectivity index (χ2n) is 9.77. The van der Waals surface area contributed by atoms with E-state index in [4.69, 9.17) is 4.74 Å². The summed E-state index contributed by atoms with van der Waals surface area (Å²) in [4.78, 5) is 11.4. The fourth-order valence-electron chi connectivity index (χ4n) is 7.61. The van der Waals surface area contributed by atoms with Crippen molar-refractivity contribution in [1.82, 2.24) is 0 Å². The molecule has 0 radical (unpaired) electrons.